The first-order valence-corrected chi connectivity index (χ1v) is 8.16. The molecule has 23 heavy (non-hydrogen) atoms. The van der Waals surface area contributed by atoms with Crippen molar-refractivity contribution in [1.82, 2.24) is 4.98 Å². The van der Waals surface area contributed by atoms with Crippen molar-refractivity contribution in [2.75, 3.05) is 30.9 Å². The molecule has 2 aromatic rings. The number of aryl methyl sites for hydroxylation is 1. The number of rotatable bonds is 7. The third kappa shape index (κ3) is 5.33. The molecule has 0 spiro atoms. The van der Waals surface area contributed by atoms with Crippen molar-refractivity contribution in [3.8, 4) is 0 Å². The third-order valence-corrected chi connectivity index (χ3v) is 4.13. The number of amides is 1. The average molecular weight is 378 g/mol. The van der Waals surface area contributed by atoms with Crippen molar-refractivity contribution in [3.63, 3.8) is 0 Å². The van der Waals surface area contributed by atoms with E-state index in [0.717, 1.165) is 34.4 Å². The summed E-state index contributed by atoms with van der Waals surface area (Å²) in [6.07, 6.45) is 2.52. The van der Waals surface area contributed by atoms with Crippen LogP contribution in [0.3, 0.4) is 0 Å². The molecule has 0 radical (unpaired) electrons. The van der Waals surface area contributed by atoms with Gasteiger partial charge < -0.3 is 15.4 Å². The van der Waals surface area contributed by atoms with Gasteiger partial charge in [-0.05, 0) is 43.2 Å². The molecule has 0 aliphatic heterocycles. The predicted molar refractivity (Wildman–Crippen MR) is 96.1 cm³/mol. The molecule has 0 unspecified atom stereocenters. The molecule has 2 rings (SSSR count). The van der Waals surface area contributed by atoms with Crippen LogP contribution < -0.4 is 10.6 Å². The lowest BCUT2D eigenvalue weighted by atomic mass is 10.2. The van der Waals surface area contributed by atoms with Gasteiger partial charge >= 0.3 is 0 Å². The zero-order chi connectivity index (χ0) is 16.7. The Labute approximate surface area is 144 Å². The molecule has 1 amide bonds. The highest BCUT2D eigenvalue weighted by atomic mass is 79.9. The lowest BCUT2D eigenvalue weighted by molar-refractivity contribution is 0.102. The predicted octanol–water partition coefficient (Wildman–Crippen LogP) is 3.85. The maximum atomic E-state index is 12.3. The van der Waals surface area contributed by atoms with E-state index >= 15 is 0 Å². The van der Waals surface area contributed by atoms with Gasteiger partial charge in [0.1, 0.15) is 5.69 Å². The summed E-state index contributed by atoms with van der Waals surface area (Å²) in [6.45, 7) is 3.48. The molecule has 1 heterocycles. The van der Waals surface area contributed by atoms with Crippen molar-refractivity contribution in [1.29, 1.82) is 0 Å². The molecular weight excluding hydrogens is 358 g/mol. The van der Waals surface area contributed by atoms with E-state index in [4.69, 9.17) is 4.74 Å². The molecule has 1 aromatic carbocycles. The second-order valence-corrected chi connectivity index (χ2v) is 5.98. The van der Waals surface area contributed by atoms with Crippen LogP contribution in [0.5, 0.6) is 0 Å². The molecule has 0 fully saturated rings. The molecule has 0 aliphatic carbocycles. The number of carbonyl (C=O) groups excluding carboxylic acids is 1. The van der Waals surface area contributed by atoms with E-state index in [1.165, 1.54) is 0 Å². The number of hydrogen-bond acceptors (Lipinski definition) is 4. The Morgan fingerprint density at radius 1 is 1.26 bits per heavy atom. The van der Waals surface area contributed by atoms with Crippen LogP contribution >= 0.6 is 15.9 Å². The van der Waals surface area contributed by atoms with Gasteiger partial charge in [-0.1, -0.05) is 22.0 Å². The first-order valence-electron chi connectivity index (χ1n) is 7.36. The van der Waals surface area contributed by atoms with Crippen molar-refractivity contribution in [3.05, 3.63) is 52.3 Å². The number of nitrogens with zero attached hydrogens (tertiary/aromatic N) is 1. The third-order valence-electron chi connectivity index (χ3n) is 3.28. The molecule has 122 valence electrons. The second-order valence-electron chi connectivity index (χ2n) is 5.12. The van der Waals surface area contributed by atoms with Gasteiger partial charge in [-0.25, -0.2) is 0 Å². The van der Waals surface area contributed by atoms with Gasteiger partial charge in [-0.3, -0.25) is 9.78 Å². The van der Waals surface area contributed by atoms with E-state index in [9.17, 15) is 4.79 Å². The van der Waals surface area contributed by atoms with E-state index in [1.807, 2.05) is 31.2 Å². The molecule has 0 bridgehead atoms. The first-order chi connectivity index (χ1) is 11.1. The number of ether oxygens (including phenoxy) is 1. The fourth-order valence-electron chi connectivity index (χ4n) is 1.98. The molecule has 0 saturated carbocycles. The summed E-state index contributed by atoms with van der Waals surface area (Å²) in [5, 5.41) is 6.10. The number of halogens is 1. The molecule has 1 aromatic heterocycles. The molecule has 6 heteroatoms. The topological polar surface area (TPSA) is 63.2 Å². The van der Waals surface area contributed by atoms with Gasteiger partial charge in [0, 0.05) is 42.3 Å². The van der Waals surface area contributed by atoms with Gasteiger partial charge in [0.2, 0.25) is 0 Å². The smallest absolute Gasteiger partial charge is 0.274 e. The number of benzene rings is 1. The SMILES string of the molecule is COCCCNc1ccnc(C(=O)Nc2ccc(C)c(Br)c2)c1. The zero-order valence-electron chi connectivity index (χ0n) is 13.2. The maximum Gasteiger partial charge on any atom is 0.274 e. The number of pyridine rings is 1. The quantitative estimate of drug-likeness (QED) is 0.719. The van der Waals surface area contributed by atoms with Gasteiger partial charge in [0.05, 0.1) is 0 Å². The number of aromatic nitrogens is 1. The number of methoxy groups -OCH3 is 1. The molecule has 0 atom stereocenters. The van der Waals surface area contributed by atoms with Crippen LogP contribution in [-0.4, -0.2) is 31.2 Å². The Hall–Kier alpha value is -1.92. The molecule has 0 aliphatic rings. The molecule has 0 saturated heterocycles. The van der Waals surface area contributed by atoms with Gasteiger partial charge in [0.25, 0.3) is 5.91 Å². The summed E-state index contributed by atoms with van der Waals surface area (Å²) in [6, 6.07) is 9.27. The Morgan fingerprint density at radius 3 is 2.83 bits per heavy atom. The van der Waals surface area contributed by atoms with E-state index < -0.39 is 0 Å². The second kappa shape index (κ2) is 8.64. The van der Waals surface area contributed by atoms with Crippen LogP contribution in [0.4, 0.5) is 11.4 Å². The summed E-state index contributed by atoms with van der Waals surface area (Å²) < 4.78 is 5.96. The Morgan fingerprint density at radius 2 is 2.09 bits per heavy atom. The Bertz CT molecular complexity index is 677. The van der Waals surface area contributed by atoms with Crippen LogP contribution in [-0.2, 0) is 4.74 Å². The standard InChI is InChI=1S/C17H20BrN3O2/c1-12-4-5-14(10-15(12)18)21-17(22)16-11-13(6-8-20-16)19-7-3-9-23-2/h4-6,8,10-11H,3,7,9H2,1-2H3,(H,19,20)(H,21,22). The van der Waals surface area contributed by atoms with Crippen molar-refractivity contribution < 1.29 is 9.53 Å². The van der Waals surface area contributed by atoms with Gasteiger partial charge in [-0.15, -0.1) is 0 Å². The average Bonchev–Trinajstić information content (AvgIpc) is 2.55. The van der Waals surface area contributed by atoms with E-state index in [2.05, 4.69) is 31.5 Å². The monoisotopic (exact) mass is 377 g/mol. The van der Waals surface area contributed by atoms with Crippen molar-refractivity contribution in [2.24, 2.45) is 0 Å². The Balaban J connectivity index is 2.00. The van der Waals surface area contributed by atoms with Crippen molar-refractivity contribution >= 4 is 33.2 Å². The molecule has 2 N–H and O–H groups in total. The molecular formula is C17H20BrN3O2. The van der Waals surface area contributed by atoms with Crippen LogP contribution in [0.15, 0.2) is 41.0 Å². The summed E-state index contributed by atoms with van der Waals surface area (Å²) in [7, 11) is 1.68. The summed E-state index contributed by atoms with van der Waals surface area (Å²) in [5.41, 5.74) is 3.08. The normalized spacial score (nSPS) is 10.4. The van der Waals surface area contributed by atoms with Crippen LogP contribution in [0.25, 0.3) is 0 Å². The number of hydrogen-bond donors (Lipinski definition) is 2. The van der Waals surface area contributed by atoms with Crippen LogP contribution in [0, 0.1) is 6.92 Å². The van der Waals surface area contributed by atoms with E-state index in [-0.39, 0.29) is 5.91 Å². The summed E-state index contributed by atoms with van der Waals surface area (Å²) in [5.74, 6) is -0.235. The number of carbonyl (C=O) groups is 1. The minimum absolute atomic E-state index is 0.235. The summed E-state index contributed by atoms with van der Waals surface area (Å²) in [4.78, 5) is 16.4. The van der Waals surface area contributed by atoms with Crippen LogP contribution in [0.2, 0.25) is 0 Å². The fourth-order valence-corrected chi connectivity index (χ4v) is 2.36. The highest BCUT2D eigenvalue weighted by Crippen LogP contribution is 2.21. The maximum absolute atomic E-state index is 12.3. The van der Waals surface area contributed by atoms with Crippen molar-refractivity contribution in [2.45, 2.75) is 13.3 Å². The summed E-state index contributed by atoms with van der Waals surface area (Å²) >= 11 is 3.46. The highest BCUT2D eigenvalue weighted by molar-refractivity contribution is 9.10. The van der Waals surface area contributed by atoms with Gasteiger partial charge in [-0.2, -0.15) is 0 Å². The highest BCUT2D eigenvalue weighted by Gasteiger charge is 2.09. The lowest BCUT2D eigenvalue weighted by Gasteiger charge is -2.09. The largest absolute Gasteiger partial charge is 0.385 e. The lowest BCUT2D eigenvalue weighted by Crippen LogP contribution is -2.14. The minimum atomic E-state index is -0.235. The van der Waals surface area contributed by atoms with E-state index in [1.54, 1.807) is 19.4 Å². The zero-order valence-corrected chi connectivity index (χ0v) is 14.8. The number of nitrogens with one attached hydrogen (secondary N) is 2. The first kappa shape index (κ1) is 17.4. The number of anilines is 2. The fraction of sp³-hybridized carbons (Fsp3) is 0.294. The minimum Gasteiger partial charge on any atom is -0.385 e. The van der Waals surface area contributed by atoms with Gasteiger partial charge in [0.15, 0.2) is 0 Å². The Kier molecular flexibility index (Phi) is 6.55. The molecule has 5 nitrogen and oxygen atoms in total. The van der Waals surface area contributed by atoms with Crippen LogP contribution in [0.1, 0.15) is 22.5 Å². The van der Waals surface area contributed by atoms with E-state index in [0.29, 0.717) is 12.3 Å².